The number of hydrogen-bond donors (Lipinski definition) is 1. The largest absolute Gasteiger partial charge is 0.495 e. The summed E-state index contributed by atoms with van der Waals surface area (Å²) in [6.45, 7) is 1.56. The first-order chi connectivity index (χ1) is 12.7. The highest BCUT2D eigenvalue weighted by atomic mass is 35.5. The van der Waals surface area contributed by atoms with Gasteiger partial charge in [0.2, 0.25) is 15.9 Å². The van der Waals surface area contributed by atoms with Crippen molar-refractivity contribution in [3.63, 3.8) is 0 Å². The van der Waals surface area contributed by atoms with Gasteiger partial charge in [0.05, 0.1) is 30.2 Å². The third kappa shape index (κ3) is 3.77. The highest BCUT2D eigenvalue weighted by Crippen LogP contribution is 2.30. The molecule has 9 heteroatoms. The van der Waals surface area contributed by atoms with E-state index in [0.717, 1.165) is 4.31 Å². The van der Waals surface area contributed by atoms with E-state index < -0.39 is 27.8 Å². The second kappa shape index (κ2) is 7.21. The molecule has 2 aromatic carbocycles. The van der Waals surface area contributed by atoms with Gasteiger partial charge in [0.25, 0.3) is 5.91 Å². The lowest BCUT2D eigenvalue weighted by Crippen LogP contribution is -2.30. The van der Waals surface area contributed by atoms with Crippen LogP contribution < -0.4 is 14.4 Å². The molecule has 1 fully saturated rings. The van der Waals surface area contributed by atoms with Crippen LogP contribution in [0, 0.1) is 5.92 Å². The monoisotopic (exact) mass is 408 g/mol. The van der Waals surface area contributed by atoms with E-state index in [4.69, 9.17) is 16.3 Å². The van der Waals surface area contributed by atoms with Crippen LogP contribution in [-0.2, 0) is 14.8 Å². The number of amides is 2. The summed E-state index contributed by atoms with van der Waals surface area (Å²) in [6.07, 6.45) is 0. The Hall–Kier alpha value is -2.58. The van der Waals surface area contributed by atoms with Crippen molar-refractivity contribution in [3.05, 3.63) is 53.1 Å². The van der Waals surface area contributed by atoms with E-state index >= 15 is 0 Å². The number of nitrogens with zero attached hydrogens (tertiary/aromatic N) is 1. The maximum absolute atomic E-state index is 12.6. The topological polar surface area (TPSA) is 92.8 Å². The maximum atomic E-state index is 12.6. The molecule has 0 radical (unpaired) electrons. The molecular formula is C18H17ClN2O5S. The van der Waals surface area contributed by atoms with Gasteiger partial charge < -0.3 is 10.1 Å². The van der Waals surface area contributed by atoms with Crippen molar-refractivity contribution in [2.75, 3.05) is 22.5 Å². The Bertz CT molecular complexity index is 1020. The predicted molar refractivity (Wildman–Crippen MR) is 103 cm³/mol. The number of nitrogens with one attached hydrogen (secondary N) is 1. The zero-order chi connectivity index (χ0) is 19.8. The van der Waals surface area contributed by atoms with Crippen molar-refractivity contribution in [1.82, 2.24) is 0 Å². The molecule has 0 saturated carbocycles. The molecule has 3 rings (SSSR count). The lowest BCUT2D eigenvalue weighted by molar-refractivity contribution is -0.119. The van der Waals surface area contributed by atoms with E-state index in [1.54, 1.807) is 19.1 Å². The summed E-state index contributed by atoms with van der Waals surface area (Å²) in [5, 5.41) is 3.09. The van der Waals surface area contributed by atoms with Crippen LogP contribution in [0.15, 0.2) is 42.5 Å². The van der Waals surface area contributed by atoms with Crippen LogP contribution in [0.25, 0.3) is 0 Å². The summed E-state index contributed by atoms with van der Waals surface area (Å²) >= 11 is 5.96. The molecule has 1 heterocycles. The SMILES string of the molecule is COc1ccc(Cl)cc1NC(=O)c1cccc(N2C(=O)[C@H](C)CS2(=O)=O)c1. The minimum Gasteiger partial charge on any atom is -0.495 e. The van der Waals surface area contributed by atoms with Crippen molar-refractivity contribution in [2.45, 2.75) is 6.92 Å². The zero-order valence-electron chi connectivity index (χ0n) is 14.6. The Morgan fingerprint density at radius 1 is 1.26 bits per heavy atom. The fraction of sp³-hybridized carbons (Fsp3) is 0.222. The Morgan fingerprint density at radius 2 is 2.00 bits per heavy atom. The van der Waals surface area contributed by atoms with Crippen molar-refractivity contribution in [1.29, 1.82) is 0 Å². The number of hydrogen-bond acceptors (Lipinski definition) is 5. The highest BCUT2D eigenvalue weighted by Gasteiger charge is 2.42. The number of halogens is 1. The summed E-state index contributed by atoms with van der Waals surface area (Å²) in [5.74, 6) is -1.45. The van der Waals surface area contributed by atoms with Crippen molar-refractivity contribution in [2.24, 2.45) is 5.92 Å². The van der Waals surface area contributed by atoms with Crippen LogP contribution in [0.5, 0.6) is 5.75 Å². The molecule has 0 spiro atoms. The van der Waals surface area contributed by atoms with Crippen molar-refractivity contribution >= 4 is 44.8 Å². The van der Waals surface area contributed by atoms with Gasteiger partial charge in [-0.25, -0.2) is 12.7 Å². The average Bonchev–Trinajstić information content (AvgIpc) is 2.82. The van der Waals surface area contributed by atoms with Crippen LogP contribution in [0.1, 0.15) is 17.3 Å². The van der Waals surface area contributed by atoms with E-state index in [1.807, 2.05) is 0 Å². The van der Waals surface area contributed by atoms with Crippen LogP contribution in [-0.4, -0.2) is 33.1 Å². The Morgan fingerprint density at radius 3 is 2.63 bits per heavy atom. The molecule has 0 unspecified atom stereocenters. The number of carbonyl (C=O) groups excluding carboxylic acids is 2. The van der Waals surface area contributed by atoms with E-state index in [9.17, 15) is 18.0 Å². The van der Waals surface area contributed by atoms with E-state index in [2.05, 4.69) is 5.32 Å². The van der Waals surface area contributed by atoms with Crippen LogP contribution in [0.4, 0.5) is 11.4 Å². The molecule has 0 aromatic heterocycles. The quantitative estimate of drug-likeness (QED) is 0.839. The molecule has 1 aliphatic heterocycles. The van der Waals surface area contributed by atoms with E-state index in [0.29, 0.717) is 16.5 Å². The fourth-order valence-corrected chi connectivity index (χ4v) is 4.82. The van der Waals surface area contributed by atoms with Gasteiger partial charge in [0, 0.05) is 10.6 Å². The molecule has 2 amide bonds. The van der Waals surface area contributed by atoms with Gasteiger partial charge in [-0.15, -0.1) is 0 Å². The average molecular weight is 409 g/mol. The van der Waals surface area contributed by atoms with Gasteiger partial charge in [0.1, 0.15) is 5.75 Å². The Kier molecular flexibility index (Phi) is 5.12. The number of benzene rings is 2. The van der Waals surface area contributed by atoms with Gasteiger partial charge >= 0.3 is 0 Å². The lowest BCUT2D eigenvalue weighted by atomic mass is 10.1. The molecule has 0 bridgehead atoms. The van der Waals surface area contributed by atoms with Gasteiger partial charge in [-0.05, 0) is 36.4 Å². The fourth-order valence-electron chi connectivity index (χ4n) is 2.83. The van der Waals surface area contributed by atoms with Crippen LogP contribution >= 0.6 is 11.6 Å². The number of sulfonamides is 1. The first-order valence-electron chi connectivity index (χ1n) is 8.05. The maximum Gasteiger partial charge on any atom is 0.255 e. The van der Waals surface area contributed by atoms with Crippen molar-refractivity contribution < 1.29 is 22.7 Å². The third-order valence-electron chi connectivity index (χ3n) is 4.11. The molecule has 2 aromatic rings. The molecule has 1 N–H and O–H groups in total. The summed E-state index contributed by atoms with van der Waals surface area (Å²) in [7, 11) is -2.28. The van der Waals surface area contributed by atoms with Gasteiger partial charge in [-0.1, -0.05) is 24.6 Å². The summed E-state index contributed by atoms with van der Waals surface area (Å²) in [4.78, 5) is 24.8. The molecule has 1 atom stereocenters. The first kappa shape index (κ1) is 19.2. The number of ether oxygens (including phenoxy) is 1. The standard InChI is InChI=1S/C18H17ClN2O5S/c1-11-10-27(24,25)21(18(11)23)14-5-3-4-12(8-14)17(22)20-15-9-13(19)6-7-16(15)26-2/h3-9,11H,10H2,1-2H3,(H,20,22)/t11-/m1/s1. The van der Waals surface area contributed by atoms with Crippen molar-refractivity contribution in [3.8, 4) is 5.75 Å². The normalized spacial score (nSPS) is 18.4. The summed E-state index contributed by atoms with van der Waals surface area (Å²) < 4.78 is 30.4. The smallest absolute Gasteiger partial charge is 0.255 e. The number of carbonyl (C=O) groups is 2. The van der Waals surface area contributed by atoms with Crippen LogP contribution in [0.3, 0.4) is 0 Å². The summed E-state index contributed by atoms with van der Waals surface area (Å²) in [6, 6.07) is 10.7. The summed E-state index contributed by atoms with van der Waals surface area (Å²) in [5.41, 5.74) is 0.700. The first-order valence-corrected chi connectivity index (χ1v) is 10.0. The predicted octanol–water partition coefficient (Wildman–Crippen LogP) is 2.91. The molecule has 1 saturated heterocycles. The minimum absolute atomic E-state index is 0.134. The van der Waals surface area contributed by atoms with Crippen LogP contribution in [0.2, 0.25) is 5.02 Å². The highest BCUT2D eigenvalue weighted by molar-refractivity contribution is 7.94. The van der Waals surface area contributed by atoms with E-state index in [-0.39, 0.29) is 17.0 Å². The third-order valence-corrected chi connectivity index (χ3v) is 6.22. The second-order valence-electron chi connectivity index (χ2n) is 6.13. The van der Waals surface area contributed by atoms with Gasteiger partial charge in [-0.3, -0.25) is 9.59 Å². The second-order valence-corrected chi connectivity index (χ2v) is 8.43. The Labute approximate surface area is 161 Å². The molecule has 142 valence electrons. The Balaban J connectivity index is 1.91. The number of methoxy groups -OCH3 is 1. The minimum atomic E-state index is -3.74. The van der Waals surface area contributed by atoms with Gasteiger partial charge in [0.15, 0.2) is 0 Å². The molecule has 27 heavy (non-hydrogen) atoms. The lowest BCUT2D eigenvalue weighted by Gasteiger charge is -2.16. The zero-order valence-corrected chi connectivity index (χ0v) is 16.2. The molecule has 0 aliphatic carbocycles. The van der Waals surface area contributed by atoms with E-state index in [1.165, 1.54) is 37.4 Å². The molecule has 1 aliphatic rings. The molecular weight excluding hydrogens is 392 g/mol. The number of anilines is 2. The van der Waals surface area contributed by atoms with Gasteiger partial charge in [-0.2, -0.15) is 0 Å². The number of rotatable bonds is 4. The molecule has 7 nitrogen and oxygen atoms in total.